The highest BCUT2D eigenvalue weighted by molar-refractivity contribution is 7.89. The third-order valence-electron chi connectivity index (χ3n) is 3.94. The van der Waals surface area contributed by atoms with E-state index in [4.69, 9.17) is 16.3 Å². The molecule has 1 aromatic carbocycles. The Morgan fingerprint density at radius 3 is 2.81 bits per heavy atom. The molecule has 4 nitrogen and oxygen atoms in total. The van der Waals surface area contributed by atoms with Crippen molar-refractivity contribution in [2.24, 2.45) is 5.92 Å². The molecule has 21 heavy (non-hydrogen) atoms. The highest BCUT2D eigenvalue weighted by Gasteiger charge is 2.25. The number of halogens is 1. The lowest BCUT2D eigenvalue weighted by Crippen LogP contribution is -2.35. The van der Waals surface area contributed by atoms with E-state index in [9.17, 15) is 8.42 Å². The quantitative estimate of drug-likeness (QED) is 0.779. The SMILES string of the molecule is Cc1ccc(S(=O)(=O)N(C)CC2CCCOC2)cc1CCl. The van der Waals surface area contributed by atoms with Gasteiger partial charge < -0.3 is 4.74 Å². The van der Waals surface area contributed by atoms with Gasteiger partial charge in [0.1, 0.15) is 0 Å². The van der Waals surface area contributed by atoms with Crippen molar-refractivity contribution in [1.29, 1.82) is 0 Å². The van der Waals surface area contributed by atoms with E-state index in [1.807, 2.05) is 13.0 Å². The zero-order chi connectivity index (χ0) is 15.5. The predicted molar refractivity (Wildman–Crippen MR) is 84.1 cm³/mol. The largest absolute Gasteiger partial charge is 0.381 e. The lowest BCUT2D eigenvalue weighted by atomic mass is 10.0. The number of alkyl halides is 1. The van der Waals surface area contributed by atoms with E-state index >= 15 is 0 Å². The lowest BCUT2D eigenvalue weighted by molar-refractivity contribution is 0.0495. The monoisotopic (exact) mass is 331 g/mol. The Morgan fingerprint density at radius 2 is 2.19 bits per heavy atom. The number of hydrogen-bond acceptors (Lipinski definition) is 3. The van der Waals surface area contributed by atoms with Crippen molar-refractivity contribution in [3.63, 3.8) is 0 Å². The summed E-state index contributed by atoms with van der Waals surface area (Å²) in [6.07, 6.45) is 2.01. The second kappa shape index (κ2) is 7.09. The molecule has 1 saturated heterocycles. The third-order valence-corrected chi connectivity index (χ3v) is 6.05. The first-order chi connectivity index (χ1) is 9.95. The minimum absolute atomic E-state index is 0.275. The molecular formula is C15H22ClNO3S. The Kier molecular flexibility index (Phi) is 5.66. The van der Waals surface area contributed by atoms with Gasteiger partial charge in [0.05, 0.1) is 11.5 Å². The van der Waals surface area contributed by atoms with Crippen LogP contribution in [0, 0.1) is 12.8 Å². The Labute approximate surface area is 132 Å². The van der Waals surface area contributed by atoms with E-state index in [1.54, 1.807) is 19.2 Å². The molecule has 1 aromatic rings. The molecule has 1 unspecified atom stereocenters. The topological polar surface area (TPSA) is 46.6 Å². The molecule has 0 aromatic heterocycles. The number of aryl methyl sites for hydroxylation is 1. The van der Waals surface area contributed by atoms with Crippen molar-refractivity contribution in [2.45, 2.75) is 30.5 Å². The number of hydrogen-bond donors (Lipinski definition) is 0. The minimum Gasteiger partial charge on any atom is -0.381 e. The molecule has 1 aliphatic heterocycles. The summed E-state index contributed by atoms with van der Waals surface area (Å²) in [6, 6.07) is 5.13. The molecule has 1 atom stereocenters. The lowest BCUT2D eigenvalue weighted by Gasteiger charge is -2.26. The van der Waals surface area contributed by atoms with Crippen LogP contribution in [-0.2, 0) is 20.6 Å². The van der Waals surface area contributed by atoms with Crippen LogP contribution in [0.4, 0.5) is 0 Å². The molecule has 0 spiro atoms. The van der Waals surface area contributed by atoms with E-state index in [1.165, 1.54) is 4.31 Å². The summed E-state index contributed by atoms with van der Waals surface area (Å²) in [5, 5.41) is 0. The van der Waals surface area contributed by atoms with Gasteiger partial charge in [-0.05, 0) is 48.9 Å². The smallest absolute Gasteiger partial charge is 0.242 e. The van der Waals surface area contributed by atoms with Gasteiger partial charge in [-0.1, -0.05) is 6.07 Å². The van der Waals surface area contributed by atoms with Gasteiger partial charge in [0.25, 0.3) is 0 Å². The van der Waals surface area contributed by atoms with Crippen molar-refractivity contribution in [3.05, 3.63) is 29.3 Å². The maximum atomic E-state index is 12.6. The van der Waals surface area contributed by atoms with Crippen LogP contribution in [0.5, 0.6) is 0 Å². The summed E-state index contributed by atoms with van der Waals surface area (Å²) >= 11 is 5.86. The average Bonchev–Trinajstić information content (AvgIpc) is 2.48. The molecule has 2 rings (SSSR count). The first-order valence-electron chi connectivity index (χ1n) is 7.14. The number of benzene rings is 1. The third kappa shape index (κ3) is 3.97. The molecule has 1 heterocycles. The summed E-state index contributed by atoms with van der Waals surface area (Å²) in [5.74, 6) is 0.589. The Balaban J connectivity index is 2.16. The summed E-state index contributed by atoms with van der Waals surface area (Å²) in [4.78, 5) is 0.308. The molecule has 118 valence electrons. The van der Waals surface area contributed by atoms with Gasteiger partial charge in [0, 0.05) is 26.1 Å². The fourth-order valence-corrected chi connectivity index (χ4v) is 4.13. The Bertz CT molecular complexity index is 583. The molecule has 6 heteroatoms. The van der Waals surface area contributed by atoms with E-state index < -0.39 is 10.0 Å². The number of ether oxygens (including phenoxy) is 1. The van der Waals surface area contributed by atoms with Crippen LogP contribution in [0.25, 0.3) is 0 Å². The zero-order valence-electron chi connectivity index (χ0n) is 12.5. The second-order valence-electron chi connectivity index (χ2n) is 5.59. The van der Waals surface area contributed by atoms with Crippen molar-refractivity contribution < 1.29 is 13.2 Å². The standard InChI is InChI=1S/C15H22ClNO3S/c1-12-5-6-15(8-14(12)9-16)21(18,19)17(2)10-13-4-3-7-20-11-13/h5-6,8,13H,3-4,7,9-11H2,1-2H3. The Hall–Kier alpha value is -0.620. The summed E-state index contributed by atoms with van der Waals surface area (Å²) in [6.45, 7) is 3.84. The summed E-state index contributed by atoms with van der Waals surface area (Å²) < 4.78 is 32.1. The maximum absolute atomic E-state index is 12.6. The van der Waals surface area contributed by atoms with Gasteiger partial charge in [-0.2, -0.15) is 0 Å². The summed E-state index contributed by atoms with van der Waals surface area (Å²) in [7, 11) is -1.84. The predicted octanol–water partition coefficient (Wildman–Crippen LogP) is 2.78. The highest BCUT2D eigenvalue weighted by Crippen LogP contribution is 2.22. The molecular weight excluding hydrogens is 310 g/mol. The van der Waals surface area contributed by atoms with Gasteiger partial charge in [-0.3, -0.25) is 0 Å². The van der Waals surface area contributed by atoms with Gasteiger partial charge in [0.2, 0.25) is 10.0 Å². The van der Waals surface area contributed by atoms with E-state index in [0.717, 1.165) is 30.6 Å². The van der Waals surface area contributed by atoms with Crippen LogP contribution in [-0.4, -0.2) is 39.5 Å². The van der Waals surface area contributed by atoms with E-state index in [2.05, 4.69) is 0 Å². The molecule has 0 radical (unpaired) electrons. The molecule has 0 N–H and O–H groups in total. The molecule has 0 amide bonds. The van der Waals surface area contributed by atoms with E-state index in [0.29, 0.717) is 23.9 Å². The second-order valence-corrected chi connectivity index (χ2v) is 7.90. The van der Waals surface area contributed by atoms with Crippen molar-refractivity contribution >= 4 is 21.6 Å². The fraction of sp³-hybridized carbons (Fsp3) is 0.600. The van der Waals surface area contributed by atoms with Crippen LogP contribution in [0.1, 0.15) is 24.0 Å². The maximum Gasteiger partial charge on any atom is 0.242 e. The van der Waals surface area contributed by atoms with Crippen molar-refractivity contribution in [1.82, 2.24) is 4.31 Å². The minimum atomic E-state index is -3.47. The molecule has 0 saturated carbocycles. The van der Waals surface area contributed by atoms with Gasteiger partial charge in [-0.25, -0.2) is 12.7 Å². The molecule has 0 aliphatic carbocycles. The fourth-order valence-electron chi connectivity index (χ4n) is 2.55. The van der Waals surface area contributed by atoms with Crippen LogP contribution >= 0.6 is 11.6 Å². The molecule has 1 aliphatic rings. The normalized spacial score (nSPS) is 19.9. The number of rotatable bonds is 5. The number of sulfonamides is 1. The highest BCUT2D eigenvalue weighted by atomic mass is 35.5. The Morgan fingerprint density at radius 1 is 1.43 bits per heavy atom. The molecule has 0 bridgehead atoms. The van der Waals surface area contributed by atoms with Crippen LogP contribution in [0.2, 0.25) is 0 Å². The van der Waals surface area contributed by atoms with Crippen LogP contribution in [0.3, 0.4) is 0 Å². The van der Waals surface area contributed by atoms with E-state index in [-0.39, 0.29) is 5.92 Å². The van der Waals surface area contributed by atoms with Crippen molar-refractivity contribution in [3.8, 4) is 0 Å². The van der Waals surface area contributed by atoms with Gasteiger partial charge in [-0.15, -0.1) is 11.6 Å². The zero-order valence-corrected chi connectivity index (χ0v) is 14.1. The molecule has 1 fully saturated rings. The van der Waals surface area contributed by atoms with Crippen LogP contribution in [0.15, 0.2) is 23.1 Å². The first kappa shape index (κ1) is 16.7. The van der Waals surface area contributed by atoms with Gasteiger partial charge in [0.15, 0.2) is 0 Å². The summed E-state index contributed by atoms with van der Waals surface area (Å²) in [5.41, 5.74) is 1.86. The number of nitrogens with zero attached hydrogens (tertiary/aromatic N) is 1. The first-order valence-corrected chi connectivity index (χ1v) is 9.12. The van der Waals surface area contributed by atoms with Crippen LogP contribution < -0.4 is 0 Å². The van der Waals surface area contributed by atoms with Crippen molar-refractivity contribution in [2.75, 3.05) is 26.8 Å². The average molecular weight is 332 g/mol. The van der Waals surface area contributed by atoms with Gasteiger partial charge >= 0.3 is 0 Å².